The molecular weight excluding hydrogens is 398 g/mol. The van der Waals surface area contributed by atoms with E-state index < -0.39 is 6.85 Å². The molecule has 1 aliphatic rings. The molecule has 1 heteroatoms. The van der Waals surface area contributed by atoms with Crippen molar-refractivity contribution >= 4 is 0 Å². The molecule has 1 heterocycles. The monoisotopic (exact) mass is 435 g/mol. The van der Waals surface area contributed by atoms with Gasteiger partial charge in [0.1, 0.15) is 7.05 Å². The van der Waals surface area contributed by atoms with Crippen LogP contribution in [0.25, 0.3) is 22.4 Å². The first-order valence-corrected chi connectivity index (χ1v) is 11.7. The summed E-state index contributed by atoms with van der Waals surface area (Å²) in [7, 11) is 1.93. The van der Waals surface area contributed by atoms with Gasteiger partial charge < -0.3 is 0 Å². The van der Waals surface area contributed by atoms with Crippen LogP contribution in [0, 0.1) is 13.8 Å². The summed E-state index contributed by atoms with van der Waals surface area (Å²) < 4.78 is 26.9. The van der Waals surface area contributed by atoms with E-state index in [1.54, 1.807) is 6.20 Å². The number of aromatic nitrogens is 1. The number of hydrogen-bond acceptors (Lipinski definition) is 0. The van der Waals surface area contributed by atoms with Crippen molar-refractivity contribution in [2.75, 3.05) is 0 Å². The molecule has 1 nitrogen and oxygen atoms in total. The molecule has 0 N–H and O–H groups in total. The van der Waals surface area contributed by atoms with Crippen molar-refractivity contribution < 1.29 is 8.68 Å². The van der Waals surface area contributed by atoms with E-state index in [4.69, 9.17) is 4.11 Å². The fourth-order valence-corrected chi connectivity index (χ4v) is 5.65. The van der Waals surface area contributed by atoms with Crippen LogP contribution in [0.5, 0.6) is 0 Å². The Bertz CT molecular complexity index is 1490. The Balaban J connectivity index is 1.78. The molecule has 0 amide bonds. The normalized spacial score (nSPS) is 17.3. The Labute approximate surface area is 203 Å². The van der Waals surface area contributed by atoms with E-state index in [2.05, 4.69) is 95.3 Å². The van der Waals surface area contributed by atoms with Gasteiger partial charge in [-0.05, 0) is 64.9 Å². The third-order valence-electron chi connectivity index (χ3n) is 7.65. The lowest BCUT2D eigenvalue weighted by Gasteiger charge is -2.44. The zero-order valence-corrected chi connectivity index (χ0v) is 20.5. The zero-order chi connectivity index (χ0) is 26.0. The minimum atomic E-state index is -2.23. The van der Waals surface area contributed by atoms with E-state index in [-0.39, 0.29) is 10.8 Å². The van der Waals surface area contributed by atoms with E-state index in [0.717, 1.165) is 27.9 Å². The highest BCUT2D eigenvalue weighted by molar-refractivity contribution is 5.75. The van der Waals surface area contributed by atoms with E-state index in [9.17, 15) is 0 Å². The van der Waals surface area contributed by atoms with Gasteiger partial charge in [-0.25, -0.2) is 4.57 Å². The number of pyridine rings is 1. The summed E-state index contributed by atoms with van der Waals surface area (Å²) in [4.78, 5) is 0. The lowest BCUT2D eigenvalue weighted by molar-refractivity contribution is -0.660. The van der Waals surface area contributed by atoms with E-state index >= 15 is 0 Å². The van der Waals surface area contributed by atoms with Crippen LogP contribution in [-0.2, 0) is 17.9 Å². The second-order valence-electron chi connectivity index (χ2n) is 10.5. The van der Waals surface area contributed by atoms with Gasteiger partial charge in [-0.1, -0.05) is 82.3 Å². The smallest absolute Gasteiger partial charge is 0.201 e. The van der Waals surface area contributed by atoms with Crippen LogP contribution < -0.4 is 4.57 Å². The van der Waals surface area contributed by atoms with Crippen LogP contribution in [0.15, 0.2) is 79.0 Å². The number of aryl methyl sites for hydroxylation is 3. The van der Waals surface area contributed by atoms with Crippen LogP contribution in [0.2, 0.25) is 0 Å². The van der Waals surface area contributed by atoms with E-state index in [1.165, 1.54) is 22.3 Å². The molecule has 0 aliphatic heterocycles. The van der Waals surface area contributed by atoms with Gasteiger partial charge in [-0.15, -0.1) is 0 Å². The average Bonchev–Trinajstić information content (AvgIpc) is 2.83. The second-order valence-corrected chi connectivity index (χ2v) is 10.5. The van der Waals surface area contributed by atoms with Crippen molar-refractivity contribution in [1.82, 2.24) is 0 Å². The summed E-state index contributed by atoms with van der Waals surface area (Å²) in [6.07, 6.45) is 1.79. The predicted molar refractivity (Wildman–Crippen MR) is 139 cm³/mol. The highest BCUT2D eigenvalue weighted by atomic mass is 14.9. The Kier molecular flexibility index (Phi) is 4.10. The quantitative estimate of drug-likeness (QED) is 0.288. The summed E-state index contributed by atoms with van der Waals surface area (Å²) in [6, 6.07) is 25.6. The second kappa shape index (κ2) is 7.42. The maximum absolute atomic E-state index is 8.32. The first-order valence-electron chi connectivity index (χ1n) is 13.2. The first-order chi connectivity index (χ1) is 16.8. The SMILES string of the molecule is [2H]C([2H])([2H])c1c[n+](C)c(-c2ccccc2C)cc1-c1ccc2c(c1)C(C)(C)c1ccccc1C2(C)C. The fourth-order valence-electron chi connectivity index (χ4n) is 5.65. The molecule has 3 aromatic carbocycles. The van der Waals surface area contributed by atoms with Crippen LogP contribution >= 0.6 is 0 Å². The fraction of sp³-hybridized carbons (Fsp3) is 0.281. The van der Waals surface area contributed by atoms with E-state index in [0.29, 0.717) is 5.56 Å². The molecule has 1 aliphatic carbocycles. The van der Waals surface area contributed by atoms with Gasteiger partial charge in [0.05, 0.1) is 0 Å². The standard InChI is InChI=1S/C32H34N/c1-21-12-8-9-13-24(21)30-19-25(22(2)20-33(30)7)23-16-17-28-29(18-23)32(5,6)27-15-11-10-14-26(27)31(28,3)4/h8-20H,1-7H3/q+1/i2D3. The van der Waals surface area contributed by atoms with Crippen LogP contribution in [-0.4, -0.2) is 0 Å². The Morgan fingerprint density at radius 3 is 1.94 bits per heavy atom. The highest BCUT2D eigenvalue weighted by Crippen LogP contribution is 2.50. The molecule has 5 rings (SSSR count). The largest absolute Gasteiger partial charge is 0.213 e. The van der Waals surface area contributed by atoms with E-state index in [1.807, 2.05) is 23.7 Å². The Morgan fingerprint density at radius 2 is 1.27 bits per heavy atom. The molecule has 0 spiro atoms. The Morgan fingerprint density at radius 1 is 0.667 bits per heavy atom. The summed E-state index contributed by atoms with van der Waals surface area (Å²) >= 11 is 0. The molecule has 33 heavy (non-hydrogen) atoms. The lowest BCUT2D eigenvalue weighted by atomic mass is 9.60. The molecular formula is C32H34N+. The molecule has 0 radical (unpaired) electrons. The van der Waals surface area contributed by atoms with Crippen molar-refractivity contribution in [3.8, 4) is 22.4 Å². The number of rotatable bonds is 2. The van der Waals surface area contributed by atoms with Crippen molar-refractivity contribution in [2.24, 2.45) is 7.05 Å². The molecule has 0 saturated carbocycles. The highest BCUT2D eigenvalue weighted by Gasteiger charge is 2.41. The third-order valence-corrected chi connectivity index (χ3v) is 7.65. The van der Waals surface area contributed by atoms with Crippen molar-refractivity contribution in [1.29, 1.82) is 0 Å². The molecule has 0 bridgehead atoms. The van der Waals surface area contributed by atoms with Gasteiger partial charge in [0.25, 0.3) is 0 Å². The molecule has 0 fully saturated rings. The molecule has 1 aromatic heterocycles. The minimum absolute atomic E-state index is 0.137. The summed E-state index contributed by atoms with van der Waals surface area (Å²) in [5, 5.41) is 0. The topological polar surface area (TPSA) is 3.88 Å². The van der Waals surface area contributed by atoms with Crippen molar-refractivity contribution in [2.45, 2.75) is 52.3 Å². The van der Waals surface area contributed by atoms with Crippen LogP contribution in [0.3, 0.4) is 0 Å². The predicted octanol–water partition coefficient (Wildman–Crippen LogP) is 7.43. The van der Waals surface area contributed by atoms with Gasteiger partial charge in [-0.2, -0.15) is 0 Å². The minimum Gasteiger partial charge on any atom is -0.201 e. The number of benzene rings is 3. The average molecular weight is 436 g/mol. The summed E-state index contributed by atoms with van der Waals surface area (Å²) in [5.74, 6) is 0. The van der Waals surface area contributed by atoms with Crippen LogP contribution in [0.4, 0.5) is 0 Å². The molecule has 0 saturated heterocycles. The number of hydrogen-bond donors (Lipinski definition) is 0. The van der Waals surface area contributed by atoms with Gasteiger partial charge >= 0.3 is 0 Å². The zero-order valence-electron chi connectivity index (χ0n) is 23.5. The van der Waals surface area contributed by atoms with Crippen molar-refractivity contribution in [3.05, 3.63) is 112 Å². The maximum atomic E-state index is 8.32. The number of fused-ring (bicyclic) bond motifs is 2. The summed E-state index contributed by atoms with van der Waals surface area (Å²) in [6.45, 7) is 8.98. The van der Waals surface area contributed by atoms with Gasteiger partial charge in [0.15, 0.2) is 6.20 Å². The molecule has 0 unspecified atom stereocenters. The molecule has 0 atom stereocenters. The van der Waals surface area contributed by atoms with Gasteiger partial charge in [0.2, 0.25) is 5.69 Å². The number of nitrogens with zero attached hydrogens (tertiary/aromatic N) is 1. The third kappa shape index (κ3) is 3.25. The molecule has 4 aromatic rings. The summed E-state index contributed by atoms with van der Waals surface area (Å²) in [5.41, 5.74) is 10.2. The lowest BCUT2D eigenvalue weighted by Crippen LogP contribution is -2.36. The van der Waals surface area contributed by atoms with Gasteiger partial charge in [-0.3, -0.25) is 0 Å². The van der Waals surface area contributed by atoms with Gasteiger partial charge in [0, 0.05) is 32.1 Å². The first kappa shape index (κ1) is 18.3. The van der Waals surface area contributed by atoms with Crippen LogP contribution in [0.1, 0.15) is 65.2 Å². The Hall–Kier alpha value is -3.19. The maximum Gasteiger partial charge on any atom is 0.213 e. The molecule has 166 valence electrons. The van der Waals surface area contributed by atoms with Crippen molar-refractivity contribution in [3.63, 3.8) is 0 Å².